The Kier molecular flexibility index (Phi) is 7.52. The number of urea groups is 1. The molecule has 0 saturated carbocycles. The monoisotopic (exact) mass is 521 g/mol. The van der Waals surface area contributed by atoms with Crippen LogP contribution in [0.3, 0.4) is 0 Å². The van der Waals surface area contributed by atoms with Crippen LogP contribution in [0.5, 0.6) is 5.75 Å². The van der Waals surface area contributed by atoms with Crippen molar-refractivity contribution in [2.45, 2.75) is 20.4 Å². The molecule has 0 aliphatic carbocycles. The van der Waals surface area contributed by atoms with E-state index in [2.05, 4.69) is 15.6 Å². The molecule has 4 rings (SSSR count). The summed E-state index contributed by atoms with van der Waals surface area (Å²) in [7, 11) is 0. The van der Waals surface area contributed by atoms with Gasteiger partial charge < -0.3 is 15.4 Å². The molecule has 2 N–H and O–H groups in total. The molecule has 36 heavy (non-hydrogen) atoms. The fraction of sp³-hybridized carbons (Fsp3) is 0.111. The van der Waals surface area contributed by atoms with E-state index in [1.165, 1.54) is 6.92 Å². The number of ketones is 1. The second-order valence-electron chi connectivity index (χ2n) is 7.98. The van der Waals surface area contributed by atoms with Gasteiger partial charge in [0, 0.05) is 35.5 Å². The van der Waals surface area contributed by atoms with Crippen molar-refractivity contribution >= 4 is 57.4 Å². The minimum atomic E-state index is -0.465. The van der Waals surface area contributed by atoms with Crippen molar-refractivity contribution < 1.29 is 19.1 Å². The first kappa shape index (κ1) is 25.2. The molecule has 0 atom stereocenters. The van der Waals surface area contributed by atoms with Crippen LogP contribution >= 0.6 is 23.2 Å². The number of ether oxygens (including phenoxy) is 1. The Morgan fingerprint density at radius 3 is 2.28 bits per heavy atom. The maximum atomic E-state index is 13.3. The van der Waals surface area contributed by atoms with E-state index in [1.807, 2.05) is 0 Å². The average Bonchev–Trinajstić information content (AvgIpc) is 2.86. The zero-order chi connectivity index (χ0) is 25.8. The fourth-order valence-corrected chi connectivity index (χ4v) is 3.98. The van der Waals surface area contributed by atoms with Gasteiger partial charge >= 0.3 is 12.0 Å². The molecular weight excluding hydrogens is 501 g/mol. The van der Waals surface area contributed by atoms with Gasteiger partial charge in [-0.1, -0.05) is 53.5 Å². The van der Waals surface area contributed by atoms with Crippen molar-refractivity contribution in [3.05, 3.63) is 99.3 Å². The number of nitrogens with zero attached hydrogens (tertiary/aromatic N) is 1. The Morgan fingerprint density at radius 2 is 1.61 bits per heavy atom. The molecule has 0 unspecified atom stereocenters. The molecule has 0 aliphatic heterocycles. The molecule has 2 amide bonds. The summed E-state index contributed by atoms with van der Waals surface area (Å²) < 4.78 is 5.34. The molecule has 3 aromatic carbocycles. The number of carbonyl (C=O) groups excluding carboxylic acids is 3. The molecule has 182 valence electrons. The van der Waals surface area contributed by atoms with Gasteiger partial charge in [-0.3, -0.25) is 9.59 Å². The number of carbonyl (C=O) groups is 3. The summed E-state index contributed by atoms with van der Waals surface area (Å²) in [6.07, 6.45) is 0. The second kappa shape index (κ2) is 10.8. The van der Waals surface area contributed by atoms with Gasteiger partial charge in [0.2, 0.25) is 5.78 Å². The van der Waals surface area contributed by atoms with Gasteiger partial charge in [-0.15, -0.1) is 0 Å². The first-order valence-electron chi connectivity index (χ1n) is 10.9. The number of rotatable bonds is 6. The van der Waals surface area contributed by atoms with Crippen LogP contribution in [0.15, 0.2) is 66.7 Å². The molecule has 0 saturated heterocycles. The highest BCUT2D eigenvalue weighted by molar-refractivity contribution is 6.42. The number of nitrogens with one attached hydrogen (secondary N) is 2. The summed E-state index contributed by atoms with van der Waals surface area (Å²) in [6, 6.07) is 18.3. The first-order chi connectivity index (χ1) is 17.2. The highest BCUT2D eigenvalue weighted by Crippen LogP contribution is 2.31. The third-order valence-corrected chi connectivity index (χ3v) is 6.08. The van der Waals surface area contributed by atoms with Crippen molar-refractivity contribution in [2.75, 3.05) is 5.32 Å². The number of halogens is 2. The van der Waals surface area contributed by atoms with Gasteiger partial charge in [-0.25, -0.2) is 9.78 Å². The Balaban J connectivity index is 1.49. The van der Waals surface area contributed by atoms with Gasteiger partial charge in [0.25, 0.3) is 0 Å². The number of benzene rings is 3. The molecular formula is C27H21Cl2N3O4. The summed E-state index contributed by atoms with van der Waals surface area (Å²) >= 11 is 11.9. The van der Waals surface area contributed by atoms with Crippen LogP contribution in [-0.2, 0) is 11.3 Å². The zero-order valence-electron chi connectivity index (χ0n) is 19.4. The molecule has 1 aromatic heterocycles. The predicted octanol–water partition coefficient (Wildman–Crippen LogP) is 6.33. The number of anilines is 1. The van der Waals surface area contributed by atoms with E-state index in [1.54, 1.807) is 73.7 Å². The van der Waals surface area contributed by atoms with E-state index in [-0.39, 0.29) is 18.0 Å². The number of aromatic nitrogens is 1. The van der Waals surface area contributed by atoms with Crippen molar-refractivity contribution in [3.8, 4) is 5.75 Å². The SMILES string of the molecule is CC(=O)Oc1c(C)nc(C(=O)c2ccc(NC(=O)NCc3ccc(Cl)c(Cl)c3)cc2)c2ccccc12. The third kappa shape index (κ3) is 5.64. The van der Waals surface area contributed by atoms with Gasteiger partial charge in [-0.2, -0.15) is 0 Å². The normalized spacial score (nSPS) is 10.7. The van der Waals surface area contributed by atoms with Gasteiger partial charge in [0.05, 0.1) is 15.7 Å². The topological polar surface area (TPSA) is 97.4 Å². The van der Waals surface area contributed by atoms with Crippen molar-refractivity contribution in [2.24, 2.45) is 0 Å². The third-order valence-electron chi connectivity index (χ3n) is 5.34. The van der Waals surface area contributed by atoms with Crippen LogP contribution in [-0.4, -0.2) is 22.8 Å². The maximum absolute atomic E-state index is 13.3. The lowest BCUT2D eigenvalue weighted by Gasteiger charge is -2.13. The van der Waals surface area contributed by atoms with Crippen LogP contribution in [0.4, 0.5) is 10.5 Å². The zero-order valence-corrected chi connectivity index (χ0v) is 20.9. The Labute approximate surface area is 217 Å². The lowest BCUT2D eigenvalue weighted by Crippen LogP contribution is -2.28. The molecule has 9 heteroatoms. The first-order valence-corrected chi connectivity index (χ1v) is 11.7. The number of hydrogen-bond donors (Lipinski definition) is 2. The van der Waals surface area contributed by atoms with Crippen molar-refractivity contribution in [3.63, 3.8) is 0 Å². The summed E-state index contributed by atoms with van der Waals surface area (Å²) in [4.78, 5) is 41.6. The van der Waals surface area contributed by atoms with E-state index in [0.29, 0.717) is 43.5 Å². The summed E-state index contributed by atoms with van der Waals surface area (Å²) in [5.41, 5.74) is 2.39. The van der Waals surface area contributed by atoms with E-state index >= 15 is 0 Å². The van der Waals surface area contributed by atoms with Crippen LogP contribution in [0.1, 0.15) is 34.2 Å². The Hall–Kier alpha value is -3.94. The Bertz CT molecular complexity index is 1490. The smallest absolute Gasteiger partial charge is 0.319 e. The number of esters is 1. The largest absolute Gasteiger partial charge is 0.424 e. The molecule has 0 fully saturated rings. The van der Waals surface area contributed by atoms with Crippen molar-refractivity contribution in [1.82, 2.24) is 10.3 Å². The van der Waals surface area contributed by atoms with E-state index < -0.39 is 12.0 Å². The minimum Gasteiger partial charge on any atom is -0.424 e. The van der Waals surface area contributed by atoms with Crippen LogP contribution in [0.2, 0.25) is 10.0 Å². The lowest BCUT2D eigenvalue weighted by molar-refractivity contribution is -0.131. The van der Waals surface area contributed by atoms with Crippen molar-refractivity contribution in [1.29, 1.82) is 0 Å². The predicted molar refractivity (Wildman–Crippen MR) is 140 cm³/mol. The quantitative estimate of drug-likeness (QED) is 0.228. The highest BCUT2D eigenvalue weighted by atomic mass is 35.5. The molecule has 4 aromatic rings. The summed E-state index contributed by atoms with van der Waals surface area (Å²) in [6.45, 7) is 3.27. The van der Waals surface area contributed by atoms with Crippen LogP contribution in [0.25, 0.3) is 10.8 Å². The van der Waals surface area contributed by atoms with E-state index in [4.69, 9.17) is 27.9 Å². The number of pyridine rings is 1. The van der Waals surface area contributed by atoms with Gasteiger partial charge in [0.1, 0.15) is 5.69 Å². The second-order valence-corrected chi connectivity index (χ2v) is 8.79. The van der Waals surface area contributed by atoms with Gasteiger partial charge in [0.15, 0.2) is 5.75 Å². The molecule has 0 bridgehead atoms. The summed E-state index contributed by atoms with van der Waals surface area (Å²) in [5, 5.41) is 7.52. The molecule has 0 aliphatic rings. The van der Waals surface area contributed by atoms with Crippen LogP contribution in [0, 0.1) is 6.92 Å². The minimum absolute atomic E-state index is 0.249. The maximum Gasteiger partial charge on any atom is 0.319 e. The number of amides is 2. The number of aryl methyl sites for hydroxylation is 1. The van der Waals surface area contributed by atoms with Gasteiger partial charge in [-0.05, 0) is 48.9 Å². The number of fused-ring (bicyclic) bond motifs is 1. The van der Waals surface area contributed by atoms with E-state index in [0.717, 1.165) is 5.56 Å². The summed E-state index contributed by atoms with van der Waals surface area (Å²) in [5.74, 6) is -0.423. The van der Waals surface area contributed by atoms with Crippen LogP contribution < -0.4 is 15.4 Å². The Morgan fingerprint density at radius 1 is 0.917 bits per heavy atom. The lowest BCUT2D eigenvalue weighted by atomic mass is 10.0. The molecule has 0 radical (unpaired) electrons. The highest BCUT2D eigenvalue weighted by Gasteiger charge is 2.20. The number of hydrogen-bond acceptors (Lipinski definition) is 5. The average molecular weight is 522 g/mol. The molecule has 1 heterocycles. The van der Waals surface area contributed by atoms with E-state index in [9.17, 15) is 14.4 Å². The molecule has 0 spiro atoms. The fourth-order valence-electron chi connectivity index (χ4n) is 3.66. The standard InChI is InChI=1S/C27H21Cl2N3O4/c1-15-26(36-16(2)33)21-6-4-3-5-20(21)24(31-15)25(34)18-8-10-19(11-9-18)32-27(35)30-14-17-7-12-22(28)23(29)13-17/h3-13H,14H2,1-2H3,(H2,30,32,35). The molecule has 7 nitrogen and oxygen atoms in total.